The van der Waals surface area contributed by atoms with Crippen molar-refractivity contribution in [1.29, 1.82) is 0 Å². The van der Waals surface area contributed by atoms with E-state index in [2.05, 4.69) is 34.6 Å². The molecule has 1 aliphatic rings. The molecule has 0 N–H and O–H groups in total. The number of non-ortho nitro benzene ring substituents is 1. The summed E-state index contributed by atoms with van der Waals surface area (Å²) in [7, 11) is 0. The lowest BCUT2D eigenvalue weighted by Gasteiger charge is -2.38. The van der Waals surface area contributed by atoms with Gasteiger partial charge >= 0.3 is 6.16 Å². The third-order valence-corrected chi connectivity index (χ3v) is 9.27. The highest BCUT2D eigenvalue weighted by Crippen LogP contribution is 2.45. The average molecular weight is 596 g/mol. The zero-order valence-corrected chi connectivity index (χ0v) is 27.7. The van der Waals surface area contributed by atoms with E-state index in [4.69, 9.17) is 14.2 Å². The van der Waals surface area contributed by atoms with Crippen molar-refractivity contribution in [1.82, 2.24) is 0 Å². The molecule has 0 amide bonds. The highest BCUT2D eigenvalue weighted by molar-refractivity contribution is 5.70. The number of nitro benzene ring substituents is 1. The molecule has 0 spiro atoms. The molecule has 0 unspecified atom stereocenters. The number of carbonyl (C=O) groups excluding carboxylic acids is 1. The van der Waals surface area contributed by atoms with Gasteiger partial charge in [0.25, 0.3) is 5.69 Å². The maximum absolute atomic E-state index is 12.6. The Morgan fingerprint density at radius 3 is 2.05 bits per heavy atom. The van der Waals surface area contributed by atoms with E-state index < -0.39 is 11.1 Å². The Bertz CT molecular complexity index is 1240. The van der Waals surface area contributed by atoms with Crippen molar-refractivity contribution in [3.63, 3.8) is 0 Å². The van der Waals surface area contributed by atoms with Crippen LogP contribution in [0.25, 0.3) is 0 Å². The minimum absolute atomic E-state index is 0.0767. The lowest BCUT2D eigenvalue weighted by atomic mass is 9.83. The smallest absolute Gasteiger partial charge is 0.487 e. The molecule has 43 heavy (non-hydrogen) atoms. The van der Waals surface area contributed by atoms with Gasteiger partial charge in [-0.05, 0) is 100.0 Å². The summed E-state index contributed by atoms with van der Waals surface area (Å²) in [5.74, 6) is 3.97. The molecule has 0 saturated heterocycles. The zero-order valence-electron chi connectivity index (χ0n) is 27.7. The Hall–Kier alpha value is -3.09. The average Bonchev–Trinajstić information content (AvgIpc) is 2.94. The van der Waals surface area contributed by atoms with Crippen LogP contribution in [0.15, 0.2) is 24.3 Å². The second-order valence-corrected chi connectivity index (χ2v) is 13.6. The summed E-state index contributed by atoms with van der Waals surface area (Å²) in [6.45, 7) is 17.6. The van der Waals surface area contributed by atoms with E-state index >= 15 is 0 Å². The number of hydrogen-bond donors (Lipinski definition) is 0. The lowest BCUT2D eigenvalue weighted by Crippen LogP contribution is -2.37. The van der Waals surface area contributed by atoms with Gasteiger partial charge in [-0.15, -0.1) is 0 Å². The van der Waals surface area contributed by atoms with Crippen molar-refractivity contribution < 1.29 is 23.9 Å². The molecule has 238 valence electrons. The molecular weight excluding hydrogens is 542 g/mol. The van der Waals surface area contributed by atoms with Crippen LogP contribution in [0.2, 0.25) is 0 Å². The lowest BCUT2D eigenvalue weighted by molar-refractivity contribution is -0.384. The molecule has 3 rings (SSSR count). The van der Waals surface area contributed by atoms with Crippen LogP contribution in [0.3, 0.4) is 0 Å². The summed E-state index contributed by atoms with van der Waals surface area (Å²) >= 11 is 0. The molecule has 0 radical (unpaired) electrons. The monoisotopic (exact) mass is 595 g/mol. The number of fused-ring (bicyclic) bond motifs is 1. The number of carbonyl (C=O) groups is 1. The summed E-state index contributed by atoms with van der Waals surface area (Å²) in [6.07, 6.45) is 12.4. The summed E-state index contributed by atoms with van der Waals surface area (Å²) in [5.41, 5.74) is 3.49. The Morgan fingerprint density at radius 2 is 1.47 bits per heavy atom. The second-order valence-electron chi connectivity index (χ2n) is 13.6. The van der Waals surface area contributed by atoms with Gasteiger partial charge in [-0.25, -0.2) is 4.79 Å². The van der Waals surface area contributed by atoms with Crippen molar-refractivity contribution in [2.24, 2.45) is 17.8 Å². The Labute approximate surface area is 258 Å². The van der Waals surface area contributed by atoms with Gasteiger partial charge in [0.1, 0.15) is 22.8 Å². The topological polar surface area (TPSA) is 87.9 Å². The van der Waals surface area contributed by atoms with Crippen molar-refractivity contribution in [3.8, 4) is 17.2 Å². The maximum Gasteiger partial charge on any atom is 0.519 e. The maximum atomic E-state index is 12.6. The van der Waals surface area contributed by atoms with Crippen molar-refractivity contribution in [2.45, 2.75) is 132 Å². The van der Waals surface area contributed by atoms with Crippen molar-refractivity contribution in [2.75, 3.05) is 0 Å². The van der Waals surface area contributed by atoms with E-state index in [9.17, 15) is 14.9 Å². The van der Waals surface area contributed by atoms with E-state index in [1.54, 1.807) is 0 Å². The minimum Gasteiger partial charge on any atom is -0.487 e. The van der Waals surface area contributed by atoms with Crippen molar-refractivity contribution in [3.05, 3.63) is 56.6 Å². The summed E-state index contributed by atoms with van der Waals surface area (Å²) in [6, 6.07) is 5.33. The first-order valence-corrected chi connectivity index (χ1v) is 16.3. The molecule has 1 heterocycles. The van der Waals surface area contributed by atoms with Gasteiger partial charge in [0.2, 0.25) is 0 Å². The first kappa shape index (κ1) is 34.4. The van der Waals surface area contributed by atoms with E-state index in [1.165, 1.54) is 69.2 Å². The number of nitro groups is 1. The van der Waals surface area contributed by atoms with Gasteiger partial charge in [0, 0.05) is 17.7 Å². The number of ether oxygens (including phenoxy) is 3. The van der Waals surface area contributed by atoms with Crippen LogP contribution < -0.4 is 14.2 Å². The van der Waals surface area contributed by atoms with Crippen LogP contribution in [0.4, 0.5) is 10.5 Å². The van der Waals surface area contributed by atoms with Gasteiger partial charge in [-0.3, -0.25) is 10.1 Å². The van der Waals surface area contributed by atoms with Crippen LogP contribution in [-0.4, -0.2) is 16.7 Å². The molecule has 0 bridgehead atoms. The Kier molecular flexibility index (Phi) is 12.5. The summed E-state index contributed by atoms with van der Waals surface area (Å²) in [4.78, 5) is 23.0. The summed E-state index contributed by atoms with van der Waals surface area (Å²) in [5, 5.41) is 10.9. The fourth-order valence-corrected chi connectivity index (χ4v) is 6.25. The third kappa shape index (κ3) is 9.97. The largest absolute Gasteiger partial charge is 0.519 e. The predicted molar refractivity (Wildman–Crippen MR) is 172 cm³/mol. The number of rotatable bonds is 15. The van der Waals surface area contributed by atoms with Gasteiger partial charge in [-0.1, -0.05) is 72.6 Å². The number of nitrogens with zero attached hydrogens (tertiary/aromatic N) is 1. The predicted octanol–water partition coefficient (Wildman–Crippen LogP) is 10.6. The van der Waals surface area contributed by atoms with Crippen molar-refractivity contribution >= 4 is 11.8 Å². The fourth-order valence-electron chi connectivity index (χ4n) is 6.25. The highest BCUT2D eigenvalue weighted by Gasteiger charge is 2.35. The second kappa shape index (κ2) is 15.6. The minimum atomic E-state index is -0.879. The Morgan fingerprint density at radius 1 is 0.884 bits per heavy atom. The molecule has 2 aromatic carbocycles. The highest BCUT2D eigenvalue weighted by atomic mass is 16.7. The molecular formula is C36H53NO6. The molecule has 0 fully saturated rings. The molecule has 1 aliphatic heterocycles. The van der Waals surface area contributed by atoms with Gasteiger partial charge < -0.3 is 14.2 Å². The number of hydrogen-bond acceptors (Lipinski definition) is 6. The van der Waals surface area contributed by atoms with Crippen LogP contribution in [0, 0.1) is 48.6 Å². The van der Waals surface area contributed by atoms with Gasteiger partial charge in [0.15, 0.2) is 0 Å². The van der Waals surface area contributed by atoms with E-state index in [0.717, 1.165) is 71.4 Å². The van der Waals surface area contributed by atoms with Crippen LogP contribution in [-0.2, 0) is 6.42 Å². The van der Waals surface area contributed by atoms with Crippen LogP contribution >= 0.6 is 0 Å². The quantitative estimate of drug-likeness (QED) is 0.0881. The molecule has 0 aliphatic carbocycles. The Balaban J connectivity index is 1.52. The first-order chi connectivity index (χ1) is 20.3. The standard InChI is InChI=1S/C36H53NO6/c1-24(2)12-9-13-25(3)14-10-15-26(4)16-11-22-36(8)23-21-32-29(7)33(27(5)28(6)34(32)43-36)42-35(38)41-31-19-17-30(18-20-31)37(39)40/h17-20,24-26H,9-16,21-23H2,1-8H3/t25-,26-,36-/m1/s1. The van der Waals surface area contributed by atoms with E-state index in [1.807, 2.05) is 20.8 Å². The van der Waals surface area contributed by atoms with Crippen LogP contribution in [0.1, 0.15) is 121 Å². The molecule has 0 saturated carbocycles. The SMILES string of the molecule is Cc1c(C)c2c(c(C)c1OC(=O)Oc1ccc([N+](=O)[O-])cc1)CC[C@@](C)(CCC[C@H](C)CCC[C@H](C)CCCC(C)C)O2. The summed E-state index contributed by atoms with van der Waals surface area (Å²) < 4.78 is 17.7. The van der Waals surface area contributed by atoms with E-state index in [0.29, 0.717) is 5.75 Å². The zero-order chi connectivity index (χ0) is 31.7. The van der Waals surface area contributed by atoms with Gasteiger partial charge in [-0.2, -0.15) is 0 Å². The molecule has 2 aromatic rings. The van der Waals surface area contributed by atoms with E-state index in [-0.39, 0.29) is 17.0 Å². The third-order valence-electron chi connectivity index (χ3n) is 9.27. The van der Waals surface area contributed by atoms with Crippen LogP contribution in [0.5, 0.6) is 17.2 Å². The molecule has 0 aromatic heterocycles. The number of benzene rings is 2. The normalized spacial score (nSPS) is 17.6. The first-order valence-electron chi connectivity index (χ1n) is 16.3. The fraction of sp³-hybridized carbons (Fsp3) is 0.639. The van der Waals surface area contributed by atoms with Gasteiger partial charge in [0.05, 0.1) is 4.92 Å². The molecule has 7 nitrogen and oxygen atoms in total. The molecule has 3 atom stereocenters. The molecule has 7 heteroatoms.